The van der Waals surface area contributed by atoms with Gasteiger partial charge in [0.1, 0.15) is 0 Å². The quantitative estimate of drug-likeness (QED) is 0.638. The number of hydrogen-bond donors (Lipinski definition) is 2. The number of nitrogens with one attached hydrogen (secondary N) is 2. The van der Waals surface area contributed by atoms with Gasteiger partial charge in [-0.1, -0.05) is 43.7 Å². The fraction of sp³-hybridized carbons (Fsp3) is 0.652. The lowest BCUT2D eigenvalue weighted by Gasteiger charge is -2.34. The number of carbonyl (C=O) groups is 2. The molecule has 2 N–H and O–H groups in total. The molecule has 1 saturated heterocycles. The summed E-state index contributed by atoms with van der Waals surface area (Å²) in [4.78, 5) is 26.4. The maximum absolute atomic E-state index is 12.4. The third kappa shape index (κ3) is 8.01. The standard InChI is InChI=1S/C23H37N3O2/c1-17-7-9-21(10-8-17)22(25-20(4)27)14-23(28)24-11-5-6-12-26-15-18(2)13-19(3)16-26/h7-10,18-19,22H,5-6,11-16H2,1-4H3,(H,24,28)(H,25,27). The molecule has 1 aromatic rings. The largest absolute Gasteiger partial charge is 0.356 e. The summed E-state index contributed by atoms with van der Waals surface area (Å²) in [7, 11) is 0. The summed E-state index contributed by atoms with van der Waals surface area (Å²) < 4.78 is 0. The van der Waals surface area contributed by atoms with Gasteiger partial charge in [-0.2, -0.15) is 0 Å². The van der Waals surface area contributed by atoms with E-state index in [0.717, 1.165) is 42.3 Å². The van der Waals surface area contributed by atoms with E-state index < -0.39 is 0 Å². The zero-order valence-corrected chi connectivity index (χ0v) is 18.0. The van der Waals surface area contributed by atoms with Crippen LogP contribution in [0.3, 0.4) is 0 Å². The normalized spacial score (nSPS) is 21.1. The van der Waals surface area contributed by atoms with Crippen molar-refractivity contribution in [3.05, 3.63) is 35.4 Å². The lowest BCUT2D eigenvalue weighted by molar-refractivity contribution is -0.122. The molecule has 28 heavy (non-hydrogen) atoms. The van der Waals surface area contributed by atoms with E-state index in [1.54, 1.807) is 0 Å². The molecule has 1 aliphatic heterocycles. The minimum Gasteiger partial charge on any atom is -0.356 e. The predicted octanol–water partition coefficient (Wildman–Crippen LogP) is 3.44. The molecule has 2 rings (SSSR count). The molecular formula is C23H37N3O2. The Morgan fingerprint density at radius 3 is 2.36 bits per heavy atom. The van der Waals surface area contributed by atoms with Crippen molar-refractivity contribution in [3.8, 4) is 0 Å². The van der Waals surface area contributed by atoms with Gasteiger partial charge in [-0.15, -0.1) is 0 Å². The Labute approximate surface area is 170 Å². The molecule has 0 aromatic heterocycles. The van der Waals surface area contributed by atoms with Gasteiger partial charge >= 0.3 is 0 Å². The molecule has 1 heterocycles. The van der Waals surface area contributed by atoms with Crippen molar-refractivity contribution >= 4 is 11.8 Å². The van der Waals surface area contributed by atoms with Crippen LogP contribution >= 0.6 is 0 Å². The Balaban J connectivity index is 1.70. The number of nitrogens with zero attached hydrogens (tertiary/aromatic N) is 1. The van der Waals surface area contributed by atoms with Gasteiger partial charge in [-0.25, -0.2) is 0 Å². The Morgan fingerprint density at radius 2 is 1.75 bits per heavy atom. The molecule has 0 radical (unpaired) electrons. The van der Waals surface area contributed by atoms with E-state index in [1.165, 1.54) is 26.4 Å². The van der Waals surface area contributed by atoms with Gasteiger partial charge < -0.3 is 15.5 Å². The summed E-state index contributed by atoms with van der Waals surface area (Å²) >= 11 is 0. The number of carbonyl (C=O) groups excluding carboxylic acids is 2. The highest BCUT2D eigenvalue weighted by atomic mass is 16.2. The van der Waals surface area contributed by atoms with E-state index in [9.17, 15) is 9.59 Å². The number of hydrogen-bond acceptors (Lipinski definition) is 3. The molecule has 0 aliphatic carbocycles. The van der Waals surface area contributed by atoms with Crippen LogP contribution in [0, 0.1) is 18.8 Å². The number of likely N-dealkylation sites (tertiary alicyclic amines) is 1. The first-order chi connectivity index (χ1) is 13.3. The minimum absolute atomic E-state index is 0.0143. The molecule has 0 saturated carbocycles. The van der Waals surface area contributed by atoms with Gasteiger partial charge in [0.25, 0.3) is 0 Å². The van der Waals surface area contributed by atoms with Crippen molar-refractivity contribution in [1.29, 1.82) is 0 Å². The van der Waals surface area contributed by atoms with E-state index in [-0.39, 0.29) is 24.3 Å². The minimum atomic E-state index is -0.283. The highest BCUT2D eigenvalue weighted by molar-refractivity contribution is 5.79. The average molecular weight is 388 g/mol. The number of amides is 2. The maximum Gasteiger partial charge on any atom is 0.222 e. The van der Waals surface area contributed by atoms with Crippen LogP contribution in [-0.4, -0.2) is 42.9 Å². The summed E-state index contributed by atoms with van der Waals surface area (Å²) in [6.45, 7) is 12.4. The highest BCUT2D eigenvalue weighted by Crippen LogP contribution is 2.21. The lowest BCUT2D eigenvalue weighted by Crippen LogP contribution is -2.39. The second-order valence-electron chi connectivity index (χ2n) is 8.63. The molecule has 1 aromatic carbocycles. The van der Waals surface area contributed by atoms with E-state index in [4.69, 9.17) is 0 Å². The molecule has 156 valence electrons. The van der Waals surface area contributed by atoms with Crippen LogP contribution in [0.2, 0.25) is 0 Å². The summed E-state index contributed by atoms with van der Waals surface area (Å²) in [5.41, 5.74) is 2.12. The van der Waals surface area contributed by atoms with Gasteiger partial charge in [0.2, 0.25) is 11.8 Å². The molecule has 0 bridgehead atoms. The van der Waals surface area contributed by atoms with E-state index >= 15 is 0 Å². The summed E-state index contributed by atoms with van der Waals surface area (Å²) in [5.74, 6) is 1.44. The van der Waals surface area contributed by atoms with Gasteiger partial charge in [-0.05, 0) is 50.1 Å². The summed E-state index contributed by atoms with van der Waals surface area (Å²) in [5, 5.41) is 5.91. The van der Waals surface area contributed by atoms with Crippen molar-refractivity contribution < 1.29 is 9.59 Å². The summed E-state index contributed by atoms with van der Waals surface area (Å²) in [6, 6.07) is 7.68. The van der Waals surface area contributed by atoms with Crippen LogP contribution in [0.15, 0.2) is 24.3 Å². The molecule has 3 unspecified atom stereocenters. The van der Waals surface area contributed by atoms with Crippen LogP contribution in [0.1, 0.15) is 63.6 Å². The van der Waals surface area contributed by atoms with Crippen molar-refractivity contribution in [2.75, 3.05) is 26.2 Å². The lowest BCUT2D eigenvalue weighted by atomic mass is 9.92. The Morgan fingerprint density at radius 1 is 1.11 bits per heavy atom. The van der Waals surface area contributed by atoms with Crippen molar-refractivity contribution in [2.24, 2.45) is 11.8 Å². The summed E-state index contributed by atoms with van der Waals surface area (Å²) in [6.07, 6.45) is 3.69. The van der Waals surface area contributed by atoms with Gasteiger partial charge in [-0.3, -0.25) is 9.59 Å². The van der Waals surface area contributed by atoms with E-state index in [2.05, 4.69) is 29.4 Å². The fourth-order valence-corrected chi connectivity index (χ4v) is 4.22. The molecule has 5 nitrogen and oxygen atoms in total. The Bertz CT molecular complexity index is 619. The molecule has 2 amide bonds. The van der Waals surface area contributed by atoms with Crippen molar-refractivity contribution in [2.45, 2.75) is 59.4 Å². The zero-order chi connectivity index (χ0) is 20.5. The average Bonchev–Trinajstić information content (AvgIpc) is 2.60. The SMILES string of the molecule is CC(=O)NC(CC(=O)NCCCCN1CC(C)CC(C)C1)c1ccc(C)cc1. The molecule has 0 spiro atoms. The van der Waals surface area contributed by atoms with E-state index in [0.29, 0.717) is 6.54 Å². The first kappa shape index (κ1) is 22.4. The number of piperidine rings is 1. The van der Waals surface area contributed by atoms with E-state index in [1.807, 2.05) is 31.2 Å². The molecule has 1 fully saturated rings. The van der Waals surface area contributed by atoms with Gasteiger partial charge in [0.15, 0.2) is 0 Å². The molecule has 5 heteroatoms. The third-order valence-electron chi connectivity index (χ3n) is 5.41. The van der Waals surface area contributed by atoms with Gasteiger partial charge in [0.05, 0.1) is 12.5 Å². The first-order valence-corrected chi connectivity index (χ1v) is 10.7. The fourth-order valence-electron chi connectivity index (χ4n) is 4.22. The first-order valence-electron chi connectivity index (χ1n) is 10.7. The van der Waals surface area contributed by atoms with Crippen LogP contribution in [0.5, 0.6) is 0 Å². The van der Waals surface area contributed by atoms with Crippen molar-refractivity contribution in [1.82, 2.24) is 15.5 Å². The monoisotopic (exact) mass is 387 g/mol. The zero-order valence-electron chi connectivity index (χ0n) is 18.0. The van der Waals surface area contributed by atoms with Crippen molar-refractivity contribution in [3.63, 3.8) is 0 Å². The number of aryl methyl sites for hydroxylation is 1. The maximum atomic E-state index is 12.4. The molecule has 3 atom stereocenters. The topological polar surface area (TPSA) is 61.4 Å². The third-order valence-corrected chi connectivity index (χ3v) is 5.41. The second-order valence-corrected chi connectivity index (χ2v) is 8.63. The number of unbranched alkanes of at least 4 members (excludes halogenated alkanes) is 1. The smallest absolute Gasteiger partial charge is 0.222 e. The van der Waals surface area contributed by atoms with Crippen LogP contribution in [-0.2, 0) is 9.59 Å². The van der Waals surface area contributed by atoms with Crippen LogP contribution in [0.25, 0.3) is 0 Å². The van der Waals surface area contributed by atoms with Crippen LogP contribution < -0.4 is 10.6 Å². The Kier molecular flexibility index (Phi) is 8.97. The molecular weight excluding hydrogens is 350 g/mol. The second kappa shape index (κ2) is 11.2. The van der Waals surface area contributed by atoms with Gasteiger partial charge in [0, 0.05) is 26.6 Å². The number of rotatable bonds is 9. The number of benzene rings is 1. The molecule has 1 aliphatic rings. The Hall–Kier alpha value is -1.88. The highest BCUT2D eigenvalue weighted by Gasteiger charge is 2.21. The predicted molar refractivity (Wildman–Crippen MR) is 114 cm³/mol. The van der Waals surface area contributed by atoms with Crippen LogP contribution in [0.4, 0.5) is 0 Å².